The first kappa shape index (κ1) is 11.9. The monoisotopic (exact) mass is 258 g/mol. The molecule has 0 bridgehead atoms. The molecule has 0 saturated carbocycles. The summed E-state index contributed by atoms with van der Waals surface area (Å²) in [7, 11) is 0. The molecule has 0 radical (unpaired) electrons. The topological polar surface area (TPSA) is 66.5 Å². The van der Waals surface area contributed by atoms with E-state index in [0.717, 1.165) is 5.56 Å². The molecule has 0 aliphatic carbocycles. The highest BCUT2D eigenvalue weighted by atomic mass is 16.2. The fourth-order valence-electron chi connectivity index (χ4n) is 2.88. The third kappa shape index (κ3) is 1.82. The van der Waals surface area contributed by atoms with Crippen LogP contribution >= 0.6 is 0 Å². The van der Waals surface area contributed by atoms with Gasteiger partial charge < -0.3 is 4.90 Å². The molecule has 1 saturated heterocycles. The normalized spacial score (nSPS) is 26.4. The molecule has 5 heteroatoms. The molecule has 2 aliphatic heterocycles. The van der Waals surface area contributed by atoms with E-state index in [1.165, 1.54) is 0 Å². The van der Waals surface area contributed by atoms with Crippen LogP contribution in [0.4, 0.5) is 0 Å². The molecular weight excluding hydrogens is 244 g/mol. The predicted octanol–water partition coefficient (Wildman–Crippen LogP) is 0.694. The van der Waals surface area contributed by atoms with Crippen LogP contribution in [0.1, 0.15) is 29.3 Å². The molecule has 1 fully saturated rings. The van der Waals surface area contributed by atoms with E-state index in [1.807, 2.05) is 25.1 Å². The third-order valence-corrected chi connectivity index (χ3v) is 3.76. The molecule has 1 aromatic carbocycles. The molecule has 19 heavy (non-hydrogen) atoms. The Balaban J connectivity index is 1.91. The zero-order valence-corrected chi connectivity index (χ0v) is 10.6. The van der Waals surface area contributed by atoms with Gasteiger partial charge in [-0.05, 0) is 17.5 Å². The van der Waals surface area contributed by atoms with Crippen molar-refractivity contribution in [3.05, 3.63) is 35.4 Å². The summed E-state index contributed by atoms with van der Waals surface area (Å²) in [5.74, 6) is -0.917. The summed E-state index contributed by atoms with van der Waals surface area (Å²) in [5.41, 5.74) is 1.59. The quantitative estimate of drug-likeness (QED) is 0.754. The number of nitrogens with zero attached hydrogens (tertiary/aromatic N) is 1. The average Bonchev–Trinajstić information content (AvgIpc) is 2.66. The number of hydrogen-bond donors (Lipinski definition) is 1. The van der Waals surface area contributed by atoms with Crippen LogP contribution in [0.2, 0.25) is 0 Å². The number of piperidine rings is 1. The first-order valence-corrected chi connectivity index (χ1v) is 6.30. The molecule has 2 atom stereocenters. The van der Waals surface area contributed by atoms with Gasteiger partial charge in [0.1, 0.15) is 6.04 Å². The van der Waals surface area contributed by atoms with Gasteiger partial charge in [-0.25, -0.2) is 0 Å². The first-order chi connectivity index (χ1) is 9.08. The largest absolute Gasteiger partial charge is 0.322 e. The fraction of sp³-hybridized carbons (Fsp3) is 0.357. The maximum absolute atomic E-state index is 12.3. The van der Waals surface area contributed by atoms with Crippen LogP contribution in [0, 0.1) is 5.92 Å². The summed E-state index contributed by atoms with van der Waals surface area (Å²) in [5, 5.41) is 2.31. The van der Waals surface area contributed by atoms with E-state index in [9.17, 15) is 14.4 Å². The van der Waals surface area contributed by atoms with Gasteiger partial charge in [-0.3, -0.25) is 19.7 Å². The van der Waals surface area contributed by atoms with Crippen molar-refractivity contribution >= 4 is 17.7 Å². The van der Waals surface area contributed by atoms with Crippen LogP contribution < -0.4 is 5.32 Å². The smallest absolute Gasteiger partial charge is 0.255 e. The van der Waals surface area contributed by atoms with Crippen LogP contribution in [0.25, 0.3) is 0 Å². The van der Waals surface area contributed by atoms with Crippen LogP contribution in [0.3, 0.4) is 0 Å². The number of carbonyl (C=O) groups is 3. The number of fused-ring (bicyclic) bond motifs is 1. The lowest BCUT2D eigenvalue weighted by atomic mass is 9.92. The Morgan fingerprint density at radius 3 is 2.63 bits per heavy atom. The van der Waals surface area contributed by atoms with Gasteiger partial charge in [0.25, 0.3) is 5.91 Å². The summed E-state index contributed by atoms with van der Waals surface area (Å²) in [6, 6.07) is 6.80. The van der Waals surface area contributed by atoms with E-state index in [-0.39, 0.29) is 30.1 Å². The van der Waals surface area contributed by atoms with Gasteiger partial charge in [0.05, 0.1) is 0 Å². The lowest BCUT2D eigenvalue weighted by Crippen LogP contribution is -2.56. The van der Waals surface area contributed by atoms with Gasteiger partial charge in [-0.1, -0.05) is 25.1 Å². The lowest BCUT2D eigenvalue weighted by Gasteiger charge is -2.34. The summed E-state index contributed by atoms with van der Waals surface area (Å²) in [6.07, 6.45) is 0.274. The minimum atomic E-state index is -0.558. The first-order valence-electron chi connectivity index (χ1n) is 6.30. The van der Waals surface area contributed by atoms with Crippen molar-refractivity contribution in [3.63, 3.8) is 0 Å². The molecule has 2 aliphatic rings. The van der Waals surface area contributed by atoms with Crippen molar-refractivity contribution in [3.8, 4) is 0 Å². The number of rotatable bonds is 1. The standard InChI is InChI=1S/C14H14N2O3/c1-8-6-11(17)15-13(18)12(8)16-7-9-4-2-3-5-10(9)14(16)19/h2-5,8,12H,6-7H2,1H3,(H,15,17,18). The second kappa shape index (κ2) is 4.19. The van der Waals surface area contributed by atoms with Crippen molar-refractivity contribution < 1.29 is 14.4 Å². The second-order valence-corrected chi connectivity index (χ2v) is 5.13. The molecule has 5 nitrogen and oxygen atoms in total. The Kier molecular flexibility index (Phi) is 2.62. The SMILES string of the molecule is CC1CC(=O)NC(=O)C1N1Cc2ccccc2C1=O. The summed E-state index contributed by atoms with van der Waals surface area (Å²) in [6.45, 7) is 2.27. The highest BCUT2D eigenvalue weighted by Gasteiger charge is 2.42. The molecule has 1 aromatic rings. The third-order valence-electron chi connectivity index (χ3n) is 3.76. The molecule has 1 N–H and O–H groups in total. The van der Waals surface area contributed by atoms with E-state index in [0.29, 0.717) is 12.1 Å². The van der Waals surface area contributed by atoms with Gasteiger partial charge in [0.15, 0.2) is 0 Å². The Bertz CT molecular complexity index is 582. The average molecular weight is 258 g/mol. The van der Waals surface area contributed by atoms with Gasteiger partial charge in [0.2, 0.25) is 11.8 Å². The van der Waals surface area contributed by atoms with Crippen LogP contribution in [-0.2, 0) is 16.1 Å². The maximum Gasteiger partial charge on any atom is 0.255 e. The van der Waals surface area contributed by atoms with Crippen LogP contribution in [-0.4, -0.2) is 28.7 Å². The predicted molar refractivity (Wildman–Crippen MR) is 67.0 cm³/mol. The summed E-state index contributed by atoms with van der Waals surface area (Å²) in [4.78, 5) is 37.2. The van der Waals surface area contributed by atoms with Gasteiger partial charge in [-0.15, -0.1) is 0 Å². The summed E-state index contributed by atoms with van der Waals surface area (Å²) >= 11 is 0. The number of imide groups is 1. The minimum Gasteiger partial charge on any atom is -0.322 e. The highest BCUT2D eigenvalue weighted by molar-refractivity contribution is 6.05. The number of hydrogen-bond acceptors (Lipinski definition) is 3. The van der Waals surface area contributed by atoms with Crippen LogP contribution in [0.5, 0.6) is 0 Å². The van der Waals surface area contributed by atoms with E-state index >= 15 is 0 Å². The number of carbonyl (C=O) groups excluding carboxylic acids is 3. The molecule has 98 valence electrons. The fourth-order valence-corrected chi connectivity index (χ4v) is 2.88. The zero-order chi connectivity index (χ0) is 13.6. The van der Waals surface area contributed by atoms with Crippen molar-refractivity contribution in [1.29, 1.82) is 0 Å². The molecule has 3 amide bonds. The molecule has 2 unspecified atom stereocenters. The van der Waals surface area contributed by atoms with Crippen molar-refractivity contribution in [2.75, 3.05) is 0 Å². The molecule has 2 heterocycles. The number of benzene rings is 1. The Labute approximate surface area is 110 Å². The second-order valence-electron chi connectivity index (χ2n) is 5.13. The van der Waals surface area contributed by atoms with E-state index in [2.05, 4.69) is 5.32 Å². The van der Waals surface area contributed by atoms with E-state index in [4.69, 9.17) is 0 Å². The van der Waals surface area contributed by atoms with Crippen molar-refractivity contribution in [1.82, 2.24) is 10.2 Å². The Hall–Kier alpha value is -2.17. The zero-order valence-electron chi connectivity index (χ0n) is 10.6. The van der Waals surface area contributed by atoms with Crippen LogP contribution in [0.15, 0.2) is 24.3 Å². The Morgan fingerprint density at radius 2 is 1.95 bits per heavy atom. The molecule has 0 aromatic heterocycles. The maximum atomic E-state index is 12.3. The molecule has 0 spiro atoms. The van der Waals surface area contributed by atoms with Crippen molar-refractivity contribution in [2.24, 2.45) is 5.92 Å². The Morgan fingerprint density at radius 1 is 1.21 bits per heavy atom. The van der Waals surface area contributed by atoms with Gasteiger partial charge >= 0.3 is 0 Å². The number of amides is 3. The van der Waals surface area contributed by atoms with E-state index in [1.54, 1.807) is 11.0 Å². The lowest BCUT2D eigenvalue weighted by molar-refractivity contribution is -0.139. The highest BCUT2D eigenvalue weighted by Crippen LogP contribution is 2.29. The minimum absolute atomic E-state index is 0.128. The van der Waals surface area contributed by atoms with Gasteiger partial charge in [-0.2, -0.15) is 0 Å². The van der Waals surface area contributed by atoms with Gasteiger partial charge in [0, 0.05) is 18.5 Å². The van der Waals surface area contributed by atoms with E-state index < -0.39 is 6.04 Å². The summed E-state index contributed by atoms with van der Waals surface area (Å²) < 4.78 is 0. The van der Waals surface area contributed by atoms with Crippen molar-refractivity contribution in [2.45, 2.75) is 25.9 Å². The molecule has 3 rings (SSSR count). The number of nitrogens with one attached hydrogen (secondary N) is 1. The molecular formula is C14H14N2O3.